The fourth-order valence-electron chi connectivity index (χ4n) is 10.1. The quantitative estimate of drug-likeness (QED) is 0.0272. The van der Waals surface area contributed by atoms with Crippen LogP contribution in [0.3, 0.4) is 0 Å². The highest BCUT2D eigenvalue weighted by atomic mass is 16.6. The normalized spacial score (nSPS) is 14.0. The van der Waals surface area contributed by atoms with Crippen molar-refractivity contribution in [1.82, 2.24) is 79.3 Å². The predicted octanol–water partition coefficient (Wildman–Crippen LogP) is 10.1. The number of aryl methyl sites for hydroxylation is 2. The van der Waals surface area contributed by atoms with Crippen molar-refractivity contribution in [3.63, 3.8) is 0 Å². The summed E-state index contributed by atoms with van der Waals surface area (Å²) in [6.45, 7) is 18.9. The lowest BCUT2D eigenvalue weighted by atomic mass is 9.94. The van der Waals surface area contributed by atoms with Gasteiger partial charge in [0, 0.05) is 64.5 Å². The van der Waals surface area contributed by atoms with E-state index in [1.54, 1.807) is 50.9 Å². The van der Waals surface area contributed by atoms with Gasteiger partial charge >= 0.3 is 24.1 Å². The van der Waals surface area contributed by atoms with Crippen LogP contribution in [0.4, 0.5) is 32.9 Å². The summed E-state index contributed by atoms with van der Waals surface area (Å²) < 4.78 is 34.6. The molecule has 2 fully saturated rings. The summed E-state index contributed by atoms with van der Waals surface area (Å²) in [5.74, 6) is 2.31. The molecule has 480 valence electrons. The van der Waals surface area contributed by atoms with E-state index in [1.807, 2.05) is 112 Å². The number of carboxylic acids is 1. The van der Waals surface area contributed by atoms with Crippen LogP contribution < -0.4 is 20.1 Å². The molecule has 0 radical (unpaired) electrons. The van der Waals surface area contributed by atoms with E-state index in [0.717, 1.165) is 93.0 Å². The number of nitrogens with zero attached hydrogens (tertiary/aromatic N) is 16. The number of piperidine rings is 2. The second-order valence-corrected chi connectivity index (χ2v) is 24.2. The minimum atomic E-state index is -0.798. The highest BCUT2D eigenvalue weighted by Gasteiger charge is 2.29. The Morgan fingerprint density at radius 1 is 0.578 bits per heavy atom. The number of carbonyl (C=O) groups excluding carboxylic acids is 3. The Balaban J connectivity index is 0.000000214. The SMILES string of the molecule is CC(C)(C)OC(=O)N1CCC(CCn2cc(Nc3ncc4nnn(-c5ccc(OCCCCC(=O)O)cc5)c4n3)cn2)CC1.CCOC(=O)CCCCOc1ccc(-n2nnc3cnc(Nc4cnn(CCC5CCN(C(=O)OC(C)(C)C)CC5)c4)nc32)cc1. The third kappa shape index (κ3) is 19.5. The number of carboxylic acid groups (broad SMARTS) is 1. The van der Waals surface area contributed by atoms with E-state index >= 15 is 0 Å². The average molecular weight is 1240 g/mol. The van der Waals surface area contributed by atoms with Gasteiger partial charge < -0.3 is 49.2 Å². The molecule has 8 aromatic rings. The molecule has 90 heavy (non-hydrogen) atoms. The number of likely N-dealkylation sites (tertiary alicyclic amines) is 2. The summed E-state index contributed by atoms with van der Waals surface area (Å²) in [4.78, 5) is 68.4. The van der Waals surface area contributed by atoms with Crippen molar-refractivity contribution in [3.05, 3.63) is 85.7 Å². The van der Waals surface area contributed by atoms with Crippen LogP contribution in [0.1, 0.15) is 126 Å². The monoisotopic (exact) mass is 1240 g/mol. The molecule has 3 N–H and O–H groups in total. The summed E-state index contributed by atoms with van der Waals surface area (Å²) in [5, 5.41) is 41.1. The van der Waals surface area contributed by atoms with Crippen molar-refractivity contribution in [2.45, 2.75) is 150 Å². The molecule has 2 aliphatic rings. The second kappa shape index (κ2) is 30.6. The van der Waals surface area contributed by atoms with Crippen molar-refractivity contribution >= 4 is 69.7 Å². The molecule has 0 aliphatic carbocycles. The van der Waals surface area contributed by atoms with Crippen LogP contribution in [0.25, 0.3) is 33.7 Å². The first-order chi connectivity index (χ1) is 43.3. The fourth-order valence-corrected chi connectivity index (χ4v) is 10.1. The molecule has 0 atom stereocenters. The number of hydrogen-bond acceptors (Lipinski definition) is 21. The van der Waals surface area contributed by atoms with Gasteiger partial charge in [0.2, 0.25) is 11.9 Å². The molecular formula is C62H82N18O10. The van der Waals surface area contributed by atoms with Gasteiger partial charge in [-0.05, 0) is 173 Å². The number of aromatic nitrogens is 14. The zero-order valence-corrected chi connectivity index (χ0v) is 52.4. The van der Waals surface area contributed by atoms with Gasteiger partial charge in [0.05, 0.1) is 67.4 Å². The predicted molar refractivity (Wildman–Crippen MR) is 333 cm³/mol. The van der Waals surface area contributed by atoms with Gasteiger partial charge in [0.1, 0.15) is 22.7 Å². The number of anilines is 4. The standard InChI is InChI=1S/C32H43N9O5.C30H39N9O5/c1-5-44-28(42)8-6-7-19-45-26-11-9-25(10-12-26)41-29-27(37-38-41)21-33-30(36-29)35-24-20-34-40(22-24)18-15-23-13-16-39(17-14-23)31(43)46-32(2,3)4;1-30(2,3)44-29(42)37-14-11-21(12-15-37)13-16-38-20-22(18-32-38)33-28-31-19-25-27(34-28)39(36-35-25)23-7-9-24(10-8-23)43-17-5-4-6-26(40)41/h9-12,20-23H,5-8,13-19H2,1-4H3,(H,33,35,36);7-10,18-21H,4-6,11-17H2,1-3H3,(H,40,41)(H,31,33,34). The van der Waals surface area contributed by atoms with E-state index in [-0.39, 0.29) is 24.6 Å². The van der Waals surface area contributed by atoms with Gasteiger partial charge in [0.15, 0.2) is 22.3 Å². The lowest BCUT2D eigenvalue weighted by Crippen LogP contribution is -2.41. The molecule has 28 heteroatoms. The largest absolute Gasteiger partial charge is 0.494 e. The molecule has 0 unspecified atom stereocenters. The van der Waals surface area contributed by atoms with E-state index in [2.05, 4.69) is 61.4 Å². The first kappa shape index (κ1) is 65.0. The molecule has 8 heterocycles. The van der Waals surface area contributed by atoms with Crippen molar-refractivity contribution in [2.24, 2.45) is 11.8 Å². The Kier molecular flexibility index (Phi) is 22.1. The number of amides is 2. The van der Waals surface area contributed by atoms with Crippen molar-refractivity contribution in [3.8, 4) is 22.9 Å². The molecule has 2 amide bonds. The van der Waals surface area contributed by atoms with Crippen LogP contribution in [0.5, 0.6) is 11.5 Å². The van der Waals surface area contributed by atoms with E-state index in [1.165, 1.54) is 0 Å². The Bertz CT molecular complexity index is 3610. The van der Waals surface area contributed by atoms with Crippen molar-refractivity contribution < 1.29 is 48.0 Å². The average Bonchev–Trinajstić information content (AvgIpc) is 1.83. The van der Waals surface area contributed by atoms with Crippen molar-refractivity contribution in [1.29, 1.82) is 0 Å². The number of benzene rings is 2. The van der Waals surface area contributed by atoms with Gasteiger partial charge in [-0.3, -0.25) is 19.0 Å². The van der Waals surface area contributed by atoms with Crippen LogP contribution in [-0.2, 0) is 36.9 Å². The van der Waals surface area contributed by atoms with Gasteiger partial charge in [-0.15, -0.1) is 10.2 Å². The van der Waals surface area contributed by atoms with E-state index < -0.39 is 17.2 Å². The summed E-state index contributed by atoms with van der Waals surface area (Å²) in [5.41, 5.74) is 4.38. The fraction of sp³-hybridized carbons (Fsp3) is 0.516. The van der Waals surface area contributed by atoms with Crippen LogP contribution in [-0.4, -0.2) is 166 Å². The highest BCUT2D eigenvalue weighted by Crippen LogP contribution is 2.27. The van der Waals surface area contributed by atoms with Crippen LogP contribution in [0.15, 0.2) is 85.7 Å². The molecule has 10 rings (SSSR count). The number of hydrogen-bond donors (Lipinski definition) is 3. The molecule has 2 saturated heterocycles. The molecule has 6 aromatic heterocycles. The number of esters is 1. The maximum absolute atomic E-state index is 12.3. The third-order valence-corrected chi connectivity index (χ3v) is 14.8. The molecule has 0 bridgehead atoms. The lowest BCUT2D eigenvalue weighted by molar-refractivity contribution is -0.143. The highest BCUT2D eigenvalue weighted by molar-refractivity contribution is 5.74. The minimum absolute atomic E-state index is 0.141. The maximum atomic E-state index is 12.3. The summed E-state index contributed by atoms with van der Waals surface area (Å²) in [7, 11) is 0. The van der Waals surface area contributed by atoms with Crippen molar-refractivity contribution in [2.75, 3.05) is 56.6 Å². The molecular weight excluding hydrogens is 1160 g/mol. The smallest absolute Gasteiger partial charge is 0.410 e. The van der Waals surface area contributed by atoms with Crippen LogP contribution >= 0.6 is 0 Å². The Labute approximate surface area is 522 Å². The first-order valence-electron chi connectivity index (χ1n) is 30.9. The number of fused-ring (bicyclic) bond motifs is 2. The molecule has 2 aliphatic heterocycles. The van der Waals surface area contributed by atoms with Crippen LogP contribution in [0, 0.1) is 11.8 Å². The van der Waals surface area contributed by atoms with Gasteiger partial charge in [-0.2, -0.15) is 29.5 Å². The summed E-state index contributed by atoms with van der Waals surface area (Å²) >= 11 is 0. The Morgan fingerprint density at radius 3 is 1.40 bits per heavy atom. The number of nitrogens with one attached hydrogen (secondary N) is 2. The van der Waals surface area contributed by atoms with E-state index in [9.17, 15) is 19.2 Å². The van der Waals surface area contributed by atoms with Gasteiger partial charge in [-0.25, -0.2) is 19.6 Å². The summed E-state index contributed by atoms with van der Waals surface area (Å²) in [6.07, 6.45) is 19.2. The lowest BCUT2D eigenvalue weighted by Gasteiger charge is -2.33. The summed E-state index contributed by atoms with van der Waals surface area (Å²) in [6, 6.07) is 14.9. The first-order valence-corrected chi connectivity index (χ1v) is 30.9. The molecule has 0 spiro atoms. The molecule has 2 aromatic carbocycles. The number of carbonyl (C=O) groups is 4. The van der Waals surface area contributed by atoms with Crippen LogP contribution in [0.2, 0.25) is 0 Å². The number of rotatable bonds is 25. The minimum Gasteiger partial charge on any atom is -0.494 e. The Morgan fingerprint density at radius 2 is 1.00 bits per heavy atom. The zero-order chi connectivity index (χ0) is 63.6. The van der Waals surface area contributed by atoms with E-state index in [0.29, 0.717) is 117 Å². The second-order valence-electron chi connectivity index (χ2n) is 24.2. The molecule has 28 nitrogen and oxygen atoms in total. The molecule has 0 saturated carbocycles. The topological polar surface area (TPSA) is 314 Å². The van der Waals surface area contributed by atoms with Gasteiger partial charge in [0.25, 0.3) is 0 Å². The van der Waals surface area contributed by atoms with E-state index in [4.69, 9.17) is 28.8 Å². The Hall–Kier alpha value is -9.50. The number of ether oxygens (including phenoxy) is 5. The number of unbranched alkanes of at least 4 members (excludes halogenated alkanes) is 2. The third-order valence-electron chi connectivity index (χ3n) is 14.8. The maximum Gasteiger partial charge on any atom is 0.410 e. The zero-order valence-electron chi connectivity index (χ0n) is 52.4. The van der Waals surface area contributed by atoms with Gasteiger partial charge in [-0.1, -0.05) is 10.4 Å². The number of aliphatic carboxylic acids is 1.